The number of alkyl halides is 3. The fraction of sp³-hybridized carbons (Fsp3) is 0.231. The van der Waals surface area contributed by atoms with Crippen LogP contribution < -0.4 is 10.6 Å². The lowest BCUT2D eigenvalue weighted by molar-refractivity contribution is -0.141. The fourth-order valence-corrected chi connectivity index (χ4v) is 2.08. The molecule has 0 spiro atoms. The molecule has 1 heterocycles. The molecule has 0 aliphatic carbocycles. The number of hydrogen-bond donors (Lipinski definition) is 2. The molecule has 0 radical (unpaired) electrons. The van der Waals surface area contributed by atoms with Gasteiger partial charge in [-0.3, -0.25) is 0 Å². The molecule has 0 atom stereocenters. The summed E-state index contributed by atoms with van der Waals surface area (Å²) in [6.45, 7) is 2.12. The van der Waals surface area contributed by atoms with Gasteiger partial charge in [-0.2, -0.15) is 18.2 Å². The minimum Gasteiger partial charge on any atom is -0.354 e. The summed E-state index contributed by atoms with van der Waals surface area (Å²) in [6, 6.07) is 5.40. The average Bonchev–Trinajstić information content (AvgIpc) is 2.41. The molecule has 22 heavy (non-hydrogen) atoms. The third-order valence-electron chi connectivity index (χ3n) is 2.55. The Hall–Kier alpha value is -1.73. The normalized spacial score (nSPS) is 11.4. The van der Waals surface area contributed by atoms with Crippen LogP contribution in [0.2, 0.25) is 10.0 Å². The fourth-order valence-electron chi connectivity index (χ4n) is 1.62. The van der Waals surface area contributed by atoms with Crippen molar-refractivity contribution in [2.24, 2.45) is 0 Å². The quantitative estimate of drug-likeness (QED) is 0.816. The van der Waals surface area contributed by atoms with Crippen molar-refractivity contribution in [3.8, 4) is 0 Å². The van der Waals surface area contributed by atoms with Gasteiger partial charge in [-0.15, -0.1) is 0 Å². The van der Waals surface area contributed by atoms with Crippen molar-refractivity contribution in [3.63, 3.8) is 0 Å². The molecule has 2 N–H and O–H groups in total. The topological polar surface area (TPSA) is 49.8 Å². The van der Waals surface area contributed by atoms with Gasteiger partial charge in [0.05, 0.1) is 10.7 Å². The van der Waals surface area contributed by atoms with Gasteiger partial charge in [-0.25, -0.2) is 4.98 Å². The number of anilines is 3. The highest BCUT2D eigenvalue weighted by molar-refractivity contribution is 6.36. The van der Waals surface area contributed by atoms with E-state index in [1.165, 1.54) is 6.07 Å². The molecule has 0 fully saturated rings. The molecule has 1 aromatic heterocycles. The first-order valence-electron chi connectivity index (χ1n) is 6.22. The van der Waals surface area contributed by atoms with Crippen molar-refractivity contribution in [1.82, 2.24) is 9.97 Å². The number of benzene rings is 1. The Morgan fingerprint density at radius 2 is 1.86 bits per heavy atom. The Morgan fingerprint density at radius 1 is 1.14 bits per heavy atom. The van der Waals surface area contributed by atoms with E-state index in [-0.39, 0.29) is 16.8 Å². The summed E-state index contributed by atoms with van der Waals surface area (Å²) in [6.07, 6.45) is -4.58. The SMILES string of the molecule is CCNc1nc(Nc2ccc(Cl)cc2Cl)cc(C(F)(F)F)n1. The van der Waals surface area contributed by atoms with Crippen LogP contribution in [0.4, 0.5) is 30.6 Å². The van der Waals surface area contributed by atoms with E-state index in [9.17, 15) is 13.2 Å². The van der Waals surface area contributed by atoms with Crippen LogP contribution in [-0.4, -0.2) is 16.5 Å². The van der Waals surface area contributed by atoms with E-state index in [2.05, 4.69) is 20.6 Å². The first-order valence-corrected chi connectivity index (χ1v) is 6.97. The maximum Gasteiger partial charge on any atom is 0.433 e. The summed E-state index contributed by atoms with van der Waals surface area (Å²) >= 11 is 11.8. The second-order valence-corrected chi connectivity index (χ2v) is 5.08. The summed E-state index contributed by atoms with van der Waals surface area (Å²) in [5, 5.41) is 6.07. The van der Waals surface area contributed by atoms with Gasteiger partial charge in [-0.1, -0.05) is 23.2 Å². The van der Waals surface area contributed by atoms with Gasteiger partial charge in [0.15, 0.2) is 5.69 Å². The summed E-state index contributed by atoms with van der Waals surface area (Å²) in [5.41, 5.74) is -0.661. The zero-order chi connectivity index (χ0) is 16.3. The van der Waals surface area contributed by atoms with Crippen molar-refractivity contribution in [3.05, 3.63) is 40.0 Å². The van der Waals surface area contributed by atoms with Crippen LogP contribution in [0, 0.1) is 0 Å². The summed E-state index contributed by atoms with van der Waals surface area (Å²) in [4.78, 5) is 7.40. The first-order chi connectivity index (χ1) is 10.3. The van der Waals surface area contributed by atoms with E-state index in [4.69, 9.17) is 23.2 Å². The largest absolute Gasteiger partial charge is 0.433 e. The zero-order valence-electron chi connectivity index (χ0n) is 11.3. The molecule has 4 nitrogen and oxygen atoms in total. The molecule has 0 bridgehead atoms. The Morgan fingerprint density at radius 3 is 2.45 bits per heavy atom. The number of hydrogen-bond acceptors (Lipinski definition) is 4. The standard InChI is InChI=1S/C13H11Cl2F3N4/c1-2-19-12-21-10(13(16,17)18)6-11(22-12)20-9-4-3-7(14)5-8(9)15/h3-6H,2H2,1H3,(H2,19,20,21,22). The van der Waals surface area contributed by atoms with Crippen molar-refractivity contribution in [1.29, 1.82) is 0 Å². The Balaban J connectivity index is 2.39. The number of nitrogens with one attached hydrogen (secondary N) is 2. The number of aromatic nitrogens is 2. The minimum atomic E-state index is -4.58. The van der Waals surface area contributed by atoms with E-state index < -0.39 is 11.9 Å². The molecule has 0 aliphatic rings. The average molecular weight is 351 g/mol. The van der Waals surface area contributed by atoms with E-state index in [0.717, 1.165) is 6.07 Å². The van der Waals surface area contributed by atoms with E-state index in [1.807, 2.05) is 0 Å². The van der Waals surface area contributed by atoms with Crippen molar-refractivity contribution >= 4 is 40.7 Å². The highest BCUT2D eigenvalue weighted by Gasteiger charge is 2.33. The highest BCUT2D eigenvalue weighted by atomic mass is 35.5. The summed E-state index contributed by atoms with van der Waals surface area (Å²) in [5.74, 6) is -0.146. The van der Waals surface area contributed by atoms with E-state index >= 15 is 0 Å². The molecule has 0 aliphatic heterocycles. The Bertz CT molecular complexity index is 677. The first kappa shape index (κ1) is 16.6. The second-order valence-electron chi connectivity index (χ2n) is 4.24. The van der Waals surface area contributed by atoms with Crippen LogP contribution in [0.15, 0.2) is 24.3 Å². The van der Waals surface area contributed by atoms with Crippen LogP contribution >= 0.6 is 23.2 Å². The van der Waals surface area contributed by atoms with Gasteiger partial charge >= 0.3 is 6.18 Å². The number of halogens is 5. The number of nitrogens with zero attached hydrogens (tertiary/aromatic N) is 2. The molecule has 1 aromatic carbocycles. The molecule has 0 unspecified atom stereocenters. The van der Waals surface area contributed by atoms with Crippen LogP contribution in [0.5, 0.6) is 0 Å². The lowest BCUT2D eigenvalue weighted by atomic mass is 10.3. The second kappa shape index (κ2) is 6.58. The van der Waals surface area contributed by atoms with Gasteiger partial charge in [-0.05, 0) is 25.1 Å². The van der Waals surface area contributed by atoms with Gasteiger partial charge < -0.3 is 10.6 Å². The van der Waals surface area contributed by atoms with E-state index in [0.29, 0.717) is 17.3 Å². The van der Waals surface area contributed by atoms with Gasteiger partial charge in [0.25, 0.3) is 0 Å². The van der Waals surface area contributed by atoms with Crippen LogP contribution in [0.3, 0.4) is 0 Å². The van der Waals surface area contributed by atoms with Gasteiger partial charge in [0, 0.05) is 17.6 Å². The molecule has 2 aromatic rings. The van der Waals surface area contributed by atoms with Crippen molar-refractivity contribution < 1.29 is 13.2 Å². The number of rotatable bonds is 4. The summed E-state index contributed by atoms with van der Waals surface area (Å²) < 4.78 is 38.6. The molecular formula is C13H11Cl2F3N4. The molecule has 9 heteroatoms. The Kier molecular flexibility index (Phi) is 4.97. The highest BCUT2D eigenvalue weighted by Crippen LogP contribution is 2.32. The third kappa shape index (κ3) is 4.14. The van der Waals surface area contributed by atoms with Crippen LogP contribution in [-0.2, 0) is 6.18 Å². The maximum atomic E-state index is 12.9. The lowest BCUT2D eigenvalue weighted by Gasteiger charge is -2.13. The van der Waals surface area contributed by atoms with Gasteiger partial charge in [0.2, 0.25) is 5.95 Å². The summed E-state index contributed by atoms with van der Waals surface area (Å²) in [7, 11) is 0. The van der Waals surface area contributed by atoms with Crippen molar-refractivity contribution in [2.75, 3.05) is 17.2 Å². The van der Waals surface area contributed by atoms with Crippen molar-refractivity contribution in [2.45, 2.75) is 13.1 Å². The zero-order valence-corrected chi connectivity index (χ0v) is 12.8. The Labute approximate surface area is 134 Å². The molecule has 2 rings (SSSR count). The predicted octanol–water partition coefficient (Wildman–Crippen LogP) is 4.98. The minimum absolute atomic E-state index is 0.0255. The molecule has 0 saturated heterocycles. The van der Waals surface area contributed by atoms with E-state index in [1.54, 1.807) is 19.1 Å². The monoisotopic (exact) mass is 350 g/mol. The lowest BCUT2D eigenvalue weighted by Crippen LogP contribution is -2.13. The molecule has 0 saturated carbocycles. The van der Waals surface area contributed by atoms with Crippen LogP contribution in [0.1, 0.15) is 12.6 Å². The maximum absolute atomic E-state index is 12.9. The third-order valence-corrected chi connectivity index (χ3v) is 3.09. The smallest absolute Gasteiger partial charge is 0.354 e. The van der Waals surface area contributed by atoms with Gasteiger partial charge in [0.1, 0.15) is 5.82 Å². The molecule has 118 valence electrons. The molecule has 0 amide bonds. The van der Waals surface area contributed by atoms with Crippen LogP contribution in [0.25, 0.3) is 0 Å². The molecular weight excluding hydrogens is 340 g/mol. The predicted molar refractivity (Wildman–Crippen MR) is 80.9 cm³/mol.